The Kier molecular flexibility index (Phi) is 3.61. The molecule has 0 saturated carbocycles. The summed E-state index contributed by atoms with van der Waals surface area (Å²) in [5.41, 5.74) is 1.08. The molecule has 1 rings (SSSR count). The highest BCUT2D eigenvalue weighted by Crippen LogP contribution is 2.26. The molecule has 3 heteroatoms. The van der Waals surface area contributed by atoms with Crippen molar-refractivity contribution in [2.45, 2.75) is 25.9 Å². The third-order valence-corrected chi connectivity index (χ3v) is 2.41. The van der Waals surface area contributed by atoms with E-state index in [1.807, 2.05) is 13.0 Å². The van der Waals surface area contributed by atoms with Gasteiger partial charge in [-0.1, -0.05) is 0 Å². The standard InChI is InChI=1S/C11H17NO2/c1-9-4-6-12-8-10(9)11(2,13)5-7-14-3/h4,6,8,13H,5,7H2,1-3H3. The Morgan fingerprint density at radius 2 is 2.29 bits per heavy atom. The van der Waals surface area contributed by atoms with Crippen LogP contribution in [-0.4, -0.2) is 23.8 Å². The zero-order chi connectivity index (χ0) is 10.6. The monoisotopic (exact) mass is 195 g/mol. The van der Waals surface area contributed by atoms with E-state index < -0.39 is 5.60 Å². The summed E-state index contributed by atoms with van der Waals surface area (Å²) in [6.07, 6.45) is 4.02. The van der Waals surface area contributed by atoms with Gasteiger partial charge >= 0.3 is 0 Å². The van der Waals surface area contributed by atoms with Crippen molar-refractivity contribution in [3.63, 3.8) is 0 Å². The predicted molar refractivity (Wildman–Crippen MR) is 55.0 cm³/mol. The first kappa shape index (κ1) is 11.1. The fraction of sp³-hybridized carbons (Fsp3) is 0.545. The molecule has 1 atom stereocenters. The number of hydrogen-bond donors (Lipinski definition) is 1. The molecular formula is C11H17NO2. The lowest BCUT2D eigenvalue weighted by Crippen LogP contribution is -2.24. The van der Waals surface area contributed by atoms with E-state index in [2.05, 4.69) is 4.98 Å². The molecule has 0 saturated heterocycles. The lowest BCUT2D eigenvalue weighted by molar-refractivity contribution is 0.0203. The van der Waals surface area contributed by atoms with E-state index in [1.165, 1.54) is 0 Å². The quantitative estimate of drug-likeness (QED) is 0.794. The van der Waals surface area contributed by atoms with Crippen molar-refractivity contribution >= 4 is 0 Å². The van der Waals surface area contributed by atoms with Gasteiger partial charge in [0.15, 0.2) is 0 Å². The van der Waals surface area contributed by atoms with Crippen LogP contribution >= 0.6 is 0 Å². The Hall–Kier alpha value is -0.930. The number of hydrogen-bond acceptors (Lipinski definition) is 3. The van der Waals surface area contributed by atoms with Crippen molar-refractivity contribution in [3.05, 3.63) is 29.6 Å². The van der Waals surface area contributed by atoms with Crippen molar-refractivity contribution < 1.29 is 9.84 Å². The Balaban J connectivity index is 2.86. The van der Waals surface area contributed by atoms with E-state index in [4.69, 9.17) is 4.74 Å². The molecule has 1 unspecified atom stereocenters. The molecule has 78 valence electrons. The van der Waals surface area contributed by atoms with Crippen molar-refractivity contribution in [2.24, 2.45) is 0 Å². The number of ether oxygens (including phenoxy) is 1. The summed E-state index contributed by atoms with van der Waals surface area (Å²) >= 11 is 0. The molecule has 1 aromatic heterocycles. The topological polar surface area (TPSA) is 42.4 Å². The number of rotatable bonds is 4. The fourth-order valence-corrected chi connectivity index (χ4v) is 1.46. The summed E-state index contributed by atoms with van der Waals surface area (Å²) in [6, 6.07) is 1.90. The molecule has 0 aliphatic carbocycles. The fourth-order valence-electron chi connectivity index (χ4n) is 1.46. The summed E-state index contributed by atoms with van der Waals surface area (Å²) in [5, 5.41) is 10.2. The number of pyridine rings is 1. The minimum atomic E-state index is -0.853. The van der Waals surface area contributed by atoms with Gasteiger partial charge < -0.3 is 9.84 Å². The van der Waals surface area contributed by atoms with E-state index >= 15 is 0 Å². The van der Waals surface area contributed by atoms with E-state index in [1.54, 1.807) is 26.4 Å². The minimum Gasteiger partial charge on any atom is -0.385 e. The maximum atomic E-state index is 10.2. The molecule has 0 fully saturated rings. The van der Waals surface area contributed by atoms with E-state index in [0.29, 0.717) is 13.0 Å². The first-order valence-corrected chi connectivity index (χ1v) is 4.70. The van der Waals surface area contributed by atoms with Crippen LogP contribution in [0, 0.1) is 6.92 Å². The van der Waals surface area contributed by atoms with Crippen LogP contribution in [0.5, 0.6) is 0 Å². The van der Waals surface area contributed by atoms with Crippen molar-refractivity contribution in [1.82, 2.24) is 4.98 Å². The molecule has 0 aliphatic rings. The summed E-state index contributed by atoms with van der Waals surface area (Å²) in [4.78, 5) is 4.02. The SMILES string of the molecule is COCCC(C)(O)c1cnccc1C. The molecule has 0 radical (unpaired) electrons. The highest BCUT2D eigenvalue weighted by atomic mass is 16.5. The molecule has 0 aliphatic heterocycles. The lowest BCUT2D eigenvalue weighted by Gasteiger charge is -2.24. The maximum absolute atomic E-state index is 10.2. The molecule has 3 nitrogen and oxygen atoms in total. The number of aliphatic hydroxyl groups is 1. The van der Waals surface area contributed by atoms with Crippen molar-refractivity contribution in [1.29, 1.82) is 0 Å². The van der Waals surface area contributed by atoms with Crippen LogP contribution in [0.4, 0.5) is 0 Å². The molecule has 1 N–H and O–H groups in total. The van der Waals surface area contributed by atoms with Crippen LogP contribution in [0.3, 0.4) is 0 Å². The van der Waals surface area contributed by atoms with Crippen molar-refractivity contribution in [2.75, 3.05) is 13.7 Å². The lowest BCUT2D eigenvalue weighted by atomic mass is 9.91. The van der Waals surface area contributed by atoms with Gasteiger partial charge in [-0.15, -0.1) is 0 Å². The van der Waals surface area contributed by atoms with Crippen LogP contribution in [0.15, 0.2) is 18.5 Å². The third-order valence-electron chi connectivity index (χ3n) is 2.41. The van der Waals surface area contributed by atoms with Gasteiger partial charge in [-0.05, 0) is 25.5 Å². The van der Waals surface area contributed by atoms with Gasteiger partial charge in [0.05, 0.1) is 5.60 Å². The summed E-state index contributed by atoms with van der Waals surface area (Å²) < 4.78 is 4.96. The Labute approximate surface area is 84.7 Å². The summed E-state index contributed by atoms with van der Waals surface area (Å²) in [7, 11) is 1.63. The van der Waals surface area contributed by atoms with Crippen LogP contribution in [0.25, 0.3) is 0 Å². The molecule has 1 aromatic rings. The second kappa shape index (κ2) is 4.53. The van der Waals surface area contributed by atoms with E-state index in [-0.39, 0.29) is 0 Å². The number of aromatic nitrogens is 1. The second-order valence-corrected chi connectivity index (χ2v) is 3.71. The second-order valence-electron chi connectivity index (χ2n) is 3.71. The number of aryl methyl sites for hydroxylation is 1. The molecule has 0 spiro atoms. The average Bonchev–Trinajstić information content (AvgIpc) is 2.15. The summed E-state index contributed by atoms with van der Waals surface area (Å²) in [6.45, 7) is 4.30. The predicted octanol–water partition coefficient (Wildman–Crippen LogP) is 1.63. The van der Waals surface area contributed by atoms with Gasteiger partial charge in [-0.25, -0.2) is 0 Å². The number of methoxy groups -OCH3 is 1. The number of nitrogens with zero attached hydrogens (tertiary/aromatic N) is 1. The third kappa shape index (κ3) is 2.53. The van der Waals surface area contributed by atoms with Gasteiger partial charge in [0, 0.05) is 38.1 Å². The highest BCUT2D eigenvalue weighted by Gasteiger charge is 2.24. The van der Waals surface area contributed by atoms with Gasteiger partial charge in [0.1, 0.15) is 0 Å². The minimum absolute atomic E-state index is 0.543. The Morgan fingerprint density at radius 1 is 1.57 bits per heavy atom. The Morgan fingerprint density at radius 3 is 2.86 bits per heavy atom. The van der Waals surface area contributed by atoms with Crippen LogP contribution in [0.2, 0.25) is 0 Å². The van der Waals surface area contributed by atoms with Gasteiger partial charge in [-0.2, -0.15) is 0 Å². The van der Waals surface area contributed by atoms with Gasteiger partial charge in [-0.3, -0.25) is 4.98 Å². The van der Waals surface area contributed by atoms with Gasteiger partial charge in [0.25, 0.3) is 0 Å². The largest absolute Gasteiger partial charge is 0.385 e. The van der Waals surface area contributed by atoms with Crippen molar-refractivity contribution in [3.8, 4) is 0 Å². The average molecular weight is 195 g/mol. The zero-order valence-electron chi connectivity index (χ0n) is 8.95. The molecule has 1 heterocycles. The molecular weight excluding hydrogens is 178 g/mol. The van der Waals surface area contributed by atoms with E-state index in [0.717, 1.165) is 11.1 Å². The smallest absolute Gasteiger partial charge is 0.0907 e. The van der Waals surface area contributed by atoms with Gasteiger partial charge in [0.2, 0.25) is 0 Å². The zero-order valence-corrected chi connectivity index (χ0v) is 8.95. The molecule has 0 aromatic carbocycles. The first-order chi connectivity index (χ1) is 6.58. The first-order valence-electron chi connectivity index (χ1n) is 4.70. The van der Waals surface area contributed by atoms with Crippen LogP contribution in [-0.2, 0) is 10.3 Å². The highest BCUT2D eigenvalue weighted by molar-refractivity contribution is 5.27. The molecule has 0 bridgehead atoms. The summed E-state index contributed by atoms with van der Waals surface area (Å²) in [5.74, 6) is 0. The van der Waals surface area contributed by atoms with Crippen LogP contribution in [0.1, 0.15) is 24.5 Å². The maximum Gasteiger partial charge on any atom is 0.0907 e. The normalized spacial score (nSPS) is 15.1. The van der Waals surface area contributed by atoms with E-state index in [9.17, 15) is 5.11 Å². The molecule has 14 heavy (non-hydrogen) atoms. The van der Waals surface area contributed by atoms with Crippen LogP contribution < -0.4 is 0 Å². The Bertz CT molecular complexity index is 297. The molecule has 0 amide bonds.